The molecule has 0 aliphatic heterocycles. The summed E-state index contributed by atoms with van der Waals surface area (Å²) in [6.45, 7) is 0.305. The molecule has 7 nitrogen and oxygen atoms in total. The number of carbonyl (C=O) groups is 1. The Balaban J connectivity index is 1.57. The van der Waals surface area contributed by atoms with Crippen LogP contribution in [-0.2, 0) is 11.3 Å². The lowest BCUT2D eigenvalue weighted by atomic mass is 10.2. The van der Waals surface area contributed by atoms with Crippen molar-refractivity contribution in [3.8, 4) is 10.6 Å². The standard InChI is InChI=1S/C18H14N4O3S/c23-17(5-4-13-2-1-3-16(10-13)22(24)25)20-11-15-12-26-18(21-15)14-6-8-19-9-7-14/h1-10,12H,11H2,(H,20,23)/b5-4+. The van der Waals surface area contributed by atoms with E-state index in [4.69, 9.17) is 0 Å². The van der Waals surface area contributed by atoms with Crippen molar-refractivity contribution < 1.29 is 9.72 Å². The van der Waals surface area contributed by atoms with Crippen LogP contribution in [0.1, 0.15) is 11.3 Å². The number of pyridine rings is 1. The van der Waals surface area contributed by atoms with Gasteiger partial charge in [0.15, 0.2) is 0 Å². The fourth-order valence-corrected chi connectivity index (χ4v) is 2.99. The second kappa shape index (κ2) is 8.13. The largest absolute Gasteiger partial charge is 0.347 e. The van der Waals surface area contributed by atoms with E-state index in [-0.39, 0.29) is 11.6 Å². The number of benzene rings is 1. The van der Waals surface area contributed by atoms with Crippen LogP contribution in [0.3, 0.4) is 0 Å². The third kappa shape index (κ3) is 4.58. The molecule has 3 aromatic rings. The summed E-state index contributed by atoms with van der Waals surface area (Å²) in [5, 5.41) is 16.2. The summed E-state index contributed by atoms with van der Waals surface area (Å²) in [4.78, 5) is 30.6. The first-order valence-electron chi connectivity index (χ1n) is 7.67. The zero-order valence-corrected chi connectivity index (χ0v) is 14.3. The molecule has 0 saturated heterocycles. The number of non-ortho nitro benzene ring substituents is 1. The number of nitro groups is 1. The van der Waals surface area contributed by atoms with Crippen LogP contribution in [0, 0.1) is 10.1 Å². The van der Waals surface area contributed by atoms with Gasteiger partial charge in [-0.2, -0.15) is 0 Å². The summed E-state index contributed by atoms with van der Waals surface area (Å²) >= 11 is 1.50. The fraction of sp³-hybridized carbons (Fsp3) is 0.0556. The molecule has 26 heavy (non-hydrogen) atoms. The van der Waals surface area contributed by atoms with Crippen molar-refractivity contribution in [2.75, 3.05) is 0 Å². The Labute approximate surface area is 153 Å². The smallest absolute Gasteiger partial charge is 0.270 e. The highest BCUT2D eigenvalue weighted by molar-refractivity contribution is 7.13. The minimum atomic E-state index is -0.472. The van der Waals surface area contributed by atoms with Crippen molar-refractivity contribution in [2.45, 2.75) is 6.54 Å². The van der Waals surface area contributed by atoms with Gasteiger partial charge in [-0.05, 0) is 23.8 Å². The minimum absolute atomic E-state index is 0.0151. The molecule has 3 rings (SSSR count). The number of amides is 1. The van der Waals surface area contributed by atoms with E-state index in [0.29, 0.717) is 12.1 Å². The van der Waals surface area contributed by atoms with Crippen molar-refractivity contribution in [2.24, 2.45) is 0 Å². The Bertz CT molecular complexity index is 954. The van der Waals surface area contributed by atoms with Gasteiger partial charge in [-0.1, -0.05) is 12.1 Å². The van der Waals surface area contributed by atoms with Crippen molar-refractivity contribution in [3.05, 3.63) is 81.6 Å². The summed E-state index contributed by atoms with van der Waals surface area (Å²) in [5.41, 5.74) is 2.31. The van der Waals surface area contributed by atoms with Crippen molar-refractivity contribution >= 4 is 29.0 Å². The third-order valence-corrected chi connectivity index (χ3v) is 4.37. The van der Waals surface area contributed by atoms with E-state index in [2.05, 4.69) is 15.3 Å². The highest BCUT2D eigenvalue weighted by atomic mass is 32.1. The summed E-state index contributed by atoms with van der Waals surface area (Å²) in [7, 11) is 0. The van der Waals surface area contributed by atoms with Crippen molar-refractivity contribution in [1.29, 1.82) is 0 Å². The minimum Gasteiger partial charge on any atom is -0.347 e. The molecule has 2 aromatic heterocycles. The van der Waals surface area contributed by atoms with E-state index in [0.717, 1.165) is 16.3 Å². The first kappa shape index (κ1) is 17.4. The molecule has 0 spiro atoms. The van der Waals surface area contributed by atoms with Crippen LogP contribution in [-0.4, -0.2) is 20.8 Å². The van der Waals surface area contributed by atoms with Gasteiger partial charge in [-0.3, -0.25) is 19.9 Å². The van der Waals surface area contributed by atoms with Gasteiger partial charge in [0.1, 0.15) is 5.01 Å². The maximum absolute atomic E-state index is 11.9. The maximum Gasteiger partial charge on any atom is 0.270 e. The predicted molar refractivity (Wildman–Crippen MR) is 99.3 cm³/mol. The molecule has 0 aliphatic carbocycles. The number of nitro benzene ring substituents is 1. The lowest BCUT2D eigenvalue weighted by Gasteiger charge is -1.99. The molecule has 0 unspecified atom stereocenters. The monoisotopic (exact) mass is 366 g/mol. The van der Waals surface area contributed by atoms with E-state index in [9.17, 15) is 14.9 Å². The molecule has 1 N–H and O–H groups in total. The highest BCUT2D eigenvalue weighted by Gasteiger charge is 2.06. The van der Waals surface area contributed by atoms with Crippen molar-refractivity contribution in [3.63, 3.8) is 0 Å². The molecular formula is C18H14N4O3S. The number of rotatable bonds is 6. The normalized spacial score (nSPS) is 10.8. The van der Waals surface area contributed by atoms with Crippen LogP contribution in [0.2, 0.25) is 0 Å². The van der Waals surface area contributed by atoms with Crippen LogP contribution in [0.15, 0.2) is 60.2 Å². The molecule has 0 fully saturated rings. The van der Waals surface area contributed by atoms with E-state index in [1.165, 1.54) is 35.6 Å². The third-order valence-electron chi connectivity index (χ3n) is 3.43. The molecule has 0 bridgehead atoms. The van der Waals surface area contributed by atoms with Crippen LogP contribution in [0.25, 0.3) is 16.6 Å². The first-order valence-corrected chi connectivity index (χ1v) is 8.55. The molecule has 0 aliphatic rings. The van der Waals surface area contributed by atoms with Gasteiger partial charge in [-0.25, -0.2) is 4.98 Å². The Hall–Kier alpha value is -3.39. The molecule has 2 heterocycles. The molecular weight excluding hydrogens is 352 g/mol. The van der Waals surface area contributed by atoms with Gasteiger partial charge in [0.2, 0.25) is 5.91 Å². The van der Waals surface area contributed by atoms with E-state index < -0.39 is 4.92 Å². The van der Waals surface area contributed by atoms with E-state index in [1.807, 2.05) is 17.5 Å². The average Bonchev–Trinajstić information content (AvgIpc) is 3.15. The predicted octanol–water partition coefficient (Wildman–Crippen LogP) is 3.44. The van der Waals surface area contributed by atoms with Gasteiger partial charge in [0, 0.05) is 41.5 Å². The summed E-state index contributed by atoms with van der Waals surface area (Å²) < 4.78 is 0. The molecule has 130 valence electrons. The zero-order chi connectivity index (χ0) is 18.4. The maximum atomic E-state index is 11.9. The molecule has 1 aromatic carbocycles. The lowest BCUT2D eigenvalue weighted by Crippen LogP contribution is -2.20. The molecule has 0 saturated carbocycles. The van der Waals surface area contributed by atoms with E-state index >= 15 is 0 Å². The topological polar surface area (TPSA) is 98.0 Å². The van der Waals surface area contributed by atoms with Crippen LogP contribution >= 0.6 is 11.3 Å². The number of aromatic nitrogens is 2. The van der Waals surface area contributed by atoms with E-state index in [1.54, 1.807) is 24.5 Å². The van der Waals surface area contributed by atoms with Crippen LogP contribution in [0.4, 0.5) is 5.69 Å². The van der Waals surface area contributed by atoms with Crippen LogP contribution in [0.5, 0.6) is 0 Å². The molecule has 8 heteroatoms. The average molecular weight is 366 g/mol. The van der Waals surface area contributed by atoms with Gasteiger partial charge in [0.05, 0.1) is 17.2 Å². The van der Waals surface area contributed by atoms with Gasteiger partial charge >= 0.3 is 0 Å². The SMILES string of the molecule is O=C(/C=C/c1cccc([N+](=O)[O-])c1)NCc1csc(-c2ccncc2)n1. The number of nitrogens with zero attached hydrogens (tertiary/aromatic N) is 3. The Morgan fingerprint density at radius 1 is 1.27 bits per heavy atom. The lowest BCUT2D eigenvalue weighted by molar-refractivity contribution is -0.384. The number of carbonyl (C=O) groups excluding carboxylic acids is 1. The first-order chi connectivity index (χ1) is 12.6. The Kier molecular flexibility index (Phi) is 5.45. The van der Waals surface area contributed by atoms with Gasteiger partial charge in [-0.15, -0.1) is 11.3 Å². The number of hydrogen-bond donors (Lipinski definition) is 1. The number of nitrogens with one attached hydrogen (secondary N) is 1. The summed E-state index contributed by atoms with van der Waals surface area (Å²) in [6.07, 6.45) is 6.29. The molecule has 1 amide bonds. The summed E-state index contributed by atoms with van der Waals surface area (Å²) in [6, 6.07) is 9.83. The number of hydrogen-bond acceptors (Lipinski definition) is 6. The second-order valence-corrected chi connectivity index (χ2v) is 6.14. The van der Waals surface area contributed by atoms with Gasteiger partial charge < -0.3 is 5.32 Å². The van der Waals surface area contributed by atoms with Gasteiger partial charge in [0.25, 0.3) is 5.69 Å². The number of thiazole rings is 1. The van der Waals surface area contributed by atoms with Crippen LogP contribution < -0.4 is 5.32 Å². The zero-order valence-electron chi connectivity index (χ0n) is 13.5. The Morgan fingerprint density at radius 3 is 2.85 bits per heavy atom. The van der Waals surface area contributed by atoms with Crippen molar-refractivity contribution in [1.82, 2.24) is 15.3 Å². The Morgan fingerprint density at radius 2 is 2.08 bits per heavy atom. The fourth-order valence-electron chi connectivity index (χ4n) is 2.17. The molecule has 0 atom stereocenters. The second-order valence-electron chi connectivity index (χ2n) is 5.28. The highest BCUT2D eigenvalue weighted by Crippen LogP contribution is 2.22. The molecule has 0 radical (unpaired) electrons. The summed E-state index contributed by atoms with van der Waals surface area (Å²) in [5.74, 6) is -0.296. The quantitative estimate of drug-likeness (QED) is 0.409.